The van der Waals surface area contributed by atoms with Gasteiger partial charge in [-0.15, -0.1) is 0 Å². The standard InChI is InChI=1S/C13H26N2O3/c1-3-6-14-12-10-18-9-11(12)13(16)15-7-4-5-8-17-2/h11-12,14H,3-10H2,1-2H3,(H,15,16). The number of ether oxygens (including phenoxy) is 2. The molecule has 0 bridgehead atoms. The highest BCUT2D eigenvalue weighted by atomic mass is 16.5. The summed E-state index contributed by atoms with van der Waals surface area (Å²) in [5.74, 6) is 0.0671. The van der Waals surface area contributed by atoms with E-state index in [1.54, 1.807) is 7.11 Å². The van der Waals surface area contributed by atoms with Crippen molar-refractivity contribution < 1.29 is 14.3 Å². The minimum Gasteiger partial charge on any atom is -0.385 e. The molecule has 0 saturated carbocycles. The van der Waals surface area contributed by atoms with Crippen molar-refractivity contribution >= 4 is 5.91 Å². The summed E-state index contributed by atoms with van der Waals surface area (Å²) in [5, 5.41) is 6.34. The highest BCUT2D eigenvalue weighted by molar-refractivity contribution is 5.79. The number of hydrogen-bond donors (Lipinski definition) is 2. The Kier molecular flexibility index (Phi) is 7.96. The van der Waals surface area contributed by atoms with Crippen molar-refractivity contribution in [2.24, 2.45) is 5.92 Å². The van der Waals surface area contributed by atoms with Gasteiger partial charge in [0, 0.05) is 26.3 Å². The van der Waals surface area contributed by atoms with E-state index in [4.69, 9.17) is 9.47 Å². The zero-order valence-corrected chi connectivity index (χ0v) is 11.5. The van der Waals surface area contributed by atoms with Crippen molar-refractivity contribution in [3.8, 4) is 0 Å². The van der Waals surface area contributed by atoms with Crippen LogP contribution in [0.4, 0.5) is 0 Å². The summed E-state index contributed by atoms with van der Waals surface area (Å²) in [6.45, 7) is 5.70. The number of amides is 1. The van der Waals surface area contributed by atoms with Gasteiger partial charge in [0.15, 0.2) is 0 Å². The van der Waals surface area contributed by atoms with Crippen molar-refractivity contribution in [3.05, 3.63) is 0 Å². The van der Waals surface area contributed by atoms with Crippen molar-refractivity contribution in [2.45, 2.75) is 32.2 Å². The summed E-state index contributed by atoms with van der Waals surface area (Å²) in [7, 11) is 1.69. The van der Waals surface area contributed by atoms with E-state index >= 15 is 0 Å². The Hall–Kier alpha value is -0.650. The molecule has 1 amide bonds. The van der Waals surface area contributed by atoms with Crippen molar-refractivity contribution in [2.75, 3.05) is 40.0 Å². The molecular weight excluding hydrogens is 232 g/mol. The maximum Gasteiger partial charge on any atom is 0.227 e. The molecule has 2 atom stereocenters. The van der Waals surface area contributed by atoms with Crippen molar-refractivity contribution in [1.82, 2.24) is 10.6 Å². The first-order valence-corrected chi connectivity index (χ1v) is 6.87. The Bertz CT molecular complexity index is 236. The van der Waals surface area contributed by atoms with Gasteiger partial charge < -0.3 is 20.1 Å². The number of rotatable bonds is 9. The topological polar surface area (TPSA) is 59.6 Å². The van der Waals surface area contributed by atoms with Crippen LogP contribution in [0.15, 0.2) is 0 Å². The molecule has 0 aliphatic carbocycles. The van der Waals surface area contributed by atoms with Crippen LogP contribution in [0, 0.1) is 5.92 Å². The van der Waals surface area contributed by atoms with Gasteiger partial charge in [0.1, 0.15) is 0 Å². The van der Waals surface area contributed by atoms with Crippen LogP contribution < -0.4 is 10.6 Å². The third kappa shape index (κ3) is 5.33. The van der Waals surface area contributed by atoms with Crippen molar-refractivity contribution in [1.29, 1.82) is 0 Å². The Morgan fingerprint density at radius 3 is 2.89 bits per heavy atom. The van der Waals surface area contributed by atoms with Crippen LogP contribution in [0.5, 0.6) is 0 Å². The summed E-state index contributed by atoms with van der Waals surface area (Å²) in [6, 6.07) is 0.170. The first kappa shape index (κ1) is 15.4. The fourth-order valence-electron chi connectivity index (χ4n) is 2.06. The Labute approximate surface area is 110 Å². The Morgan fingerprint density at radius 1 is 1.33 bits per heavy atom. The van der Waals surface area contributed by atoms with E-state index in [2.05, 4.69) is 17.6 Å². The van der Waals surface area contributed by atoms with Gasteiger partial charge in [0.25, 0.3) is 0 Å². The van der Waals surface area contributed by atoms with Crippen LogP contribution >= 0.6 is 0 Å². The van der Waals surface area contributed by atoms with Gasteiger partial charge in [-0.05, 0) is 25.8 Å². The third-order valence-corrected chi connectivity index (χ3v) is 3.15. The Balaban J connectivity index is 2.18. The van der Waals surface area contributed by atoms with Crippen LogP contribution in [0.1, 0.15) is 26.2 Å². The second kappa shape index (κ2) is 9.30. The number of methoxy groups -OCH3 is 1. The molecule has 106 valence electrons. The van der Waals surface area contributed by atoms with E-state index in [9.17, 15) is 4.79 Å². The summed E-state index contributed by atoms with van der Waals surface area (Å²) >= 11 is 0. The molecule has 5 heteroatoms. The van der Waals surface area contributed by atoms with Crippen LogP contribution in [-0.2, 0) is 14.3 Å². The molecule has 5 nitrogen and oxygen atoms in total. The molecule has 18 heavy (non-hydrogen) atoms. The fourth-order valence-corrected chi connectivity index (χ4v) is 2.06. The zero-order chi connectivity index (χ0) is 13.2. The number of unbranched alkanes of at least 4 members (excludes halogenated alkanes) is 1. The predicted molar refractivity (Wildman–Crippen MR) is 70.5 cm³/mol. The second-order valence-electron chi connectivity index (χ2n) is 4.70. The van der Waals surface area contributed by atoms with Gasteiger partial charge in [-0.2, -0.15) is 0 Å². The van der Waals surface area contributed by atoms with E-state index in [0.717, 1.165) is 39.0 Å². The SMILES string of the molecule is CCCNC1COCC1C(=O)NCCCCOC. The van der Waals surface area contributed by atoms with Crippen molar-refractivity contribution in [3.63, 3.8) is 0 Å². The largest absolute Gasteiger partial charge is 0.385 e. The lowest BCUT2D eigenvalue weighted by Gasteiger charge is -2.18. The van der Waals surface area contributed by atoms with Crippen LogP contribution in [0.25, 0.3) is 0 Å². The number of hydrogen-bond acceptors (Lipinski definition) is 4. The van der Waals surface area contributed by atoms with E-state index in [0.29, 0.717) is 13.2 Å². The summed E-state index contributed by atoms with van der Waals surface area (Å²) in [6.07, 6.45) is 3.01. The molecule has 1 heterocycles. The maximum atomic E-state index is 12.0. The molecule has 1 aliphatic rings. The van der Waals surface area contributed by atoms with Crippen LogP contribution in [-0.4, -0.2) is 52.0 Å². The summed E-state index contributed by atoms with van der Waals surface area (Å²) < 4.78 is 10.4. The first-order valence-electron chi connectivity index (χ1n) is 6.87. The molecular formula is C13H26N2O3. The lowest BCUT2D eigenvalue weighted by Crippen LogP contribution is -2.44. The van der Waals surface area contributed by atoms with E-state index < -0.39 is 0 Å². The number of carbonyl (C=O) groups is 1. The molecule has 0 spiro atoms. The Morgan fingerprint density at radius 2 is 2.17 bits per heavy atom. The molecule has 0 radical (unpaired) electrons. The van der Waals surface area contributed by atoms with Gasteiger partial charge in [-0.1, -0.05) is 6.92 Å². The average Bonchev–Trinajstić information content (AvgIpc) is 2.84. The molecule has 2 unspecified atom stereocenters. The minimum absolute atomic E-state index is 0.0426. The van der Waals surface area contributed by atoms with E-state index in [1.807, 2.05) is 0 Å². The van der Waals surface area contributed by atoms with Gasteiger partial charge in [-0.3, -0.25) is 4.79 Å². The number of nitrogens with one attached hydrogen (secondary N) is 2. The average molecular weight is 258 g/mol. The molecule has 0 aromatic carbocycles. The quantitative estimate of drug-likeness (QED) is 0.593. The fraction of sp³-hybridized carbons (Fsp3) is 0.923. The lowest BCUT2D eigenvalue weighted by atomic mass is 10.0. The number of carbonyl (C=O) groups excluding carboxylic acids is 1. The van der Waals surface area contributed by atoms with Crippen LogP contribution in [0.2, 0.25) is 0 Å². The van der Waals surface area contributed by atoms with Gasteiger partial charge in [0.05, 0.1) is 19.1 Å². The minimum atomic E-state index is -0.0426. The smallest absolute Gasteiger partial charge is 0.227 e. The van der Waals surface area contributed by atoms with E-state index in [1.165, 1.54) is 0 Å². The normalized spacial score (nSPS) is 23.2. The molecule has 1 rings (SSSR count). The molecule has 0 aromatic heterocycles. The maximum absolute atomic E-state index is 12.0. The monoisotopic (exact) mass is 258 g/mol. The predicted octanol–water partition coefficient (Wildman–Crippen LogP) is 0.544. The highest BCUT2D eigenvalue weighted by Gasteiger charge is 2.33. The van der Waals surface area contributed by atoms with Gasteiger partial charge in [0.2, 0.25) is 5.91 Å². The highest BCUT2D eigenvalue weighted by Crippen LogP contribution is 2.13. The zero-order valence-electron chi connectivity index (χ0n) is 11.5. The first-order chi connectivity index (χ1) is 8.79. The van der Waals surface area contributed by atoms with Crippen LogP contribution in [0.3, 0.4) is 0 Å². The lowest BCUT2D eigenvalue weighted by molar-refractivity contribution is -0.125. The van der Waals surface area contributed by atoms with Gasteiger partial charge >= 0.3 is 0 Å². The molecule has 0 aromatic rings. The molecule has 2 N–H and O–H groups in total. The van der Waals surface area contributed by atoms with Gasteiger partial charge in [-0.25, -0.2) is 0 Å². The summed E-state index contributed by atoms with van der Waals surface area (Å²) in [5.41, 5.74) is 0. The molecule has 1 aliphatic heterocycles. The molecule has 1 fully saturated rings. The summed E-state index contributed by atoms with van der Waals surface area (Å²) in [4.78, 5) is 12.0. The third-order valence-electron chi connectivity index (χ3n) is 3.15. The van der Waals surface area contributed by atoms with E-state index in [-0.39, 0.29) is 17.9 Å². The molecule has 1 saturated heterocycles. The second-order valence-corrected chi connectivity index (χ2v) is 4.70.